The predicted octanol–water partition coefficient (Wildman–Crippen LogP) is 5.15. The molecule has 0 bridgehead atoms. The minimum absolute atomic E-state index is 0.107. The third kappa shape index (κ3) is 3.85. The van der Waals surface area contributed by atoms with Gasteiger partial charge in [-0.1, -0.05) is 46.9 Å². The first-order chi connectivity index (χ1) is 12.0. The van der Waals surface area contributed by atoms with E-state index in [9.17, 15) is 5.26 Å². The van der Waals surface area contributed by atoms with Crippen molar-refractivity contribution in [2.75, 3.05) is 5.73 Å². The maximum absolute atomic E-state index is 9.43. The summed E-state index contributed by atoms with van der Waals surface area (Å²) in [4.78, 5) is 8.74. The summed E-state index contributed by atoms with van der Waals surface area (Å²) in [5, 5.41) is 10.9. The van der Waals surface area contributed by atoms with Crippen LogP contribution in [-0.4, -0.2) is 9.97 Å². The van der Waals surface area contributed by atoms with Crippen molar-refractivity contribution in [3.63, 3.8) is 0 Å². The Labute approximate surface area is 159 Å². The lowest BCUT2D eigenvalue weighted by Crippen LogP contribution is -2.06. The van der Waals surface area contributed by atoms with Gasteiger partial charge >= 0.3 is 0 Å². The van der Waals surface area contributed by atoms with Crippen LogP contribution in [0.4, 0.5) is 5.82 Å². The number of benzene rings is 2. The number of halogens is 3. The van der Waals surface area contributed by atoms with Crippen molar-refractivity contribution >= 4 is 40.6 Å². The summed E-state index contributed by atoms with van der Waals surface area (Å²) < 4.78 is 0. The topological polar surface area (TPSA) is 75.6 Å². The second-order valence-corrected chi connectivity index (χ2v) is 6.57. The van der Waals surface area contributed by atoms with Crippen LogP contribution < -0.4 is 5.73 Å². The Balaban J connectivity index is 2.11. The highest BCUT2D eigenvalue weighted by Gasteiger charge is 2.17. The molecule has 1 heterocycles. The standard InChI is InChI=1S/C18H11Cl3N4/c19-11-3-1-2-10(6-11)7-16-24-17(14(9-22)18(23)25-16)13-5-4-12(20)8-15(13)21/h1-6,8H,7H2,(H2,23,24,25). The molecule has 1 aromatic heterocycles. The molecule has 0 amide bonds. The van der Waals surface area contributed by atoms with E-state index in [2.05, 4.69) is 9.97 Å². The highest BCUT2D eigenvalue weighted by molar-refractivity contribution is 6.36. The predicted molar refractivity (Wildman–Crippen MR) is 101 cm³/mol. The molecule has 124 valence electrons. The zero-order chi connectivity index (χ0) is 18.0. The Bertz CT molecular complexity index is 996. The number of hydrogen-bond acceptors (Lipinski definition) is 4. The van der Waals surface area contributed by atoms with E-state index in [4.69, 9.17) is 40.5 Å². The second-order valence-electron chi connectivity index (χ2n) is 5.29. The third-order valence-corrected chi connectivity index (χ3v) is 4.32. The fourth-order valence-electron chi connectivity index (χ4n) is 2.42. The largest absolute Gasteiger partial charge is 0.382 e. The van der Waals surface area contributed by atoms with Crippen LogP contribution in [0.15, 0.2) is 42.5 Å². The van der Waals surface area contributed by atoms with E-state index in [1.807, 2.05) is 24.3 Å². The van der Waals surface area contributed by atoms with Crippen LogP contribution in [-0.2, 0) is 6.42 Å². The Morgan fingerprint density at radius 3 is 2.44 bits per heavy atom. The van der Waals surface area contributed by atoms with Crippen LogP contribution in [0.25, 0.3) is 11.3 Å². The molecule has 0 radical (unpaired) electrons. The molecular formula is C18H11Cl3N4. The third-order valence-electron chi connectivity index (χ3n) is 3.53. The smallest absolute Gasteiger partial charge is 0.145 e. The molecule has 0 aliphatic heterocycles. The second kappa shape index (κ2) is 7.28. The Kier molecular flexibility index (Phi) is 5.10. The number of aromatic nitrogens is 2. The SMILES string of the molecule is N#Cc1c(N)nc(Cc2cccc(Cl)c2)nc1-c1ccc(Cl)cc1Cl. The fraction of sp³-hybridized carbons (Fsp3) is 0.0556. The van der Waals surface area contributed by atoms with Crippen LogP contribution in [0, 0.1) is 11.3 Å². The van der Waals surface area contributed by atoms with E-state index in [-0.39, 0.29) is 11.4 Å². The minimum Gasteiger partial charge on any atom is -0.382 e. The van der Waals surface area contributed by atoms with Gasteiger partial charge in [-0.3, -0.25) is 0 Å². The van der Waals surface area contributed by atoms with Crippen LogP contribution >= 0.6 is 34.8 Å². The average molecular weight is 390 g/mol. The number of hydrogen-bond donors (Lipinski definition) is 1. The summed E-state index contributed by atoms with van der Waals surface area (Å²) in [6.45, 7) is 0. The number of anilines is 1. The van der Waals surface area contributed by atoms with Crippen LogP contribution in [0.2, 0.25) is 15.1 Å². The molecule has 25 heavy (non-hydrogen) atoms. The summed E-state index contributed by atoms with van der Waals surface area (Å²) in [7, 11) is 0. The first kappa shape index (κ1) is 17.5. The van der Waals surface area contributed by atoms with Gasteiger partial charge in [-0.25, -0.2) is 9.97 Å². The van der Waals surface area contributed by atoms with Gasteiger partial charge in [-0.05, 0) is 35.9 Å². The highest BCUT2D eigenvalue weighted by atomic mass is 35.5. The van der Waals surface area contributed by atoms with Crippen molar-refractivity contribution in [2.24, 2.45) is 0 Å². The van der Waals surface area contributed by atoms with Gasteiger partial charge in [0.15, 0.2) is 0 Å². The highest BCUT2D eigenvalue weighted by Crippen LogP contribution is 2.32. The molecule has 3 rings (SSSR count). The molecule has 0 aliphatic rings. The van der Waals surface area contributed by atoms with E-state index in [0.717, 1.165) is 5.56 Å². The molecule has 0 spiro atoms. The molecule has 0 aliphatic carbocycles. The maximum Gasteiger partial charge on any atom is 0.145 e. The fourth-order valence-corrected chi connectivity index (χ4v) is 3.13. The van der Waals surface area contributed by atoms with Crippen molar-refractivity contribution in [3.8, 4) is 17.3 Å². The molecule has 0 fully saturated rings. The molecule has 2 aromatic carbocycles. The van der Waals surface area contributed by atoms with Crippen molar-refractivity contribution in [3.05, 3.63) is 74.5 Å². The lowest BCUT2D eigenvalue weighted by Gasteiger charge is -2.10. The lowest BCUT2D eigenvalue weighted by molar-refractivity contribution is 0.974. The summed E-state index contributed by atoms with van der Waals surface area (Å²) in [5.74, 6) is 0.579. The summed E-state index contributed by atoms with van der Waals surface area (Å²) >= 11 is 18.2. The average Bonchev–Trinajstić information content (AvgIpc) is 2.54. The molecule has 2 N–H and O–H groups in total. The Hall–Kier alpha value is -2.32. The van der Waals surface area contributed by atoms with E-state index < -0.39 is 0 Å². The summed E-state index contributed by atoms with van der Waals surface area (Å²) in [6, 6.07) is 14.4. The molecule has 0 saturated carbocycles. The number of nitrogens with two attached hydrogens (primary N) is 1. The molecule has 0 saturated heterocycles. The molecular weight excluding hydrogens is 379 g/mol. The van der Waals surface area contributed by atoms with Gasteiger partial charge in [0.2, 0.25) is 0 Å². The van der Waals surface area contributed by atoms with Gasteiger partial charge in [0, 0.05) is 22.0 Å². The number of nitriles is 1. The van der Waals surface area contributed by atoms with Crippen molar-refractivity contribution < 1.29 is 0 Å². The van der Waals surface area contributed by atoms with Crippen LogP contribution in [0.3, 0.4) is 0 Å². The van der Waals surface area contributed by atoms with Gasteiger partial charge in [-0.2, -0.15) is 5.26 Å². The quantitative estimate of drug-likeness (QED) is 0.672. The lowest BCUT2D eigenvalue weighted by atomic mass is 10.1. The van der Waals surface area contributed by atoms with Crippen LogP contribution in [0.5, 0.6) is 0 Å². The summed E-state index contributed by atoms with van der Waals surface area (Å²) in [5.41, 5.74) is 8.04. The van der Waals surface area contributed by atoms with Gasteiger partial charge in [0.05, 0.1) is 10.7 Å². The van der Waals surface area contributed by atoms with E-state index in [0.29, 0.717) is 38.6 Å². The molecule has 3 aromatic rings. The van der Waals surface area contributed by atoms with Gasteiger partial charge in [-0.15, -0.1) is 0 Å². The zero-order valence-electron chi connectivity index (χ0n) is 12.8. The monoisotopic (exact) mass is 388 g/mol. The van der Waals surface area contributed by atoms with E-state index in [1.165, 1.54) is 0 Å². The minimum atomic E-state index is 0.107. The normalized spacial score (nSPS) is 10.5. The maximum atomic E-state index is 9.43. The van der Waals surface area contributed by atoms with Gasteiger partial charge < -0.3 is 5.73 Å². The Morgan fingerprint density at radius 2 is 1.76 bits per heavy atom. The Morgan fingerprint density at radius 1 is 1.00 bits per heavy atom. The number of rotatable bonds is 3. The van der Waals surface area contributed by atoms with Crippen molar-refractivity contribution in [1.82, 2.24) is 9.97 Å². The first-order valence-corrected chi connectivity index (χ1v) is 8.37. The number of nitrogen functional groups attached to an aromatic ring is 1. The first-order valence-electron chi connectivity index (χ1n) is 7.24. The molecule has 4 nitrogen and oxygen atoms in total. The summed E-state index contributed by atoms with van der Waals surface area (Å²) in [6.07, 6.45) is 0.425. The number of nitrogens with zero attached hydrogens (tertiary/aromatic N) is 3. The molecule has 0 atom stereocenters. The van der Waals surface area contributed by atoms with Crippen molar-refractivity contribution in [1.29, 1.82) is 5.26 Å². The van der Waals surface area contributed by atoms with Gasteiger partial charge in [0.25, 0.3) is 0 Å². The van der Waals surface area contributed by atoms with Crippen LogP contribution in [0.1, 0.15) is 17.0 Å². The van der Waals surface area contributed by atoms with Crippen molar-refractivity contribution in [2.45, 2.75) is 6.42 Å². The van der Waals surface area contributed by atoms with E-state index in [1.54, 1.807) is 24.3 Å². The molecule has 0 unspecified atom stereocenters. The molecule has 7 heteroatoms. The van der Waals surface area contributed by atoms with Gasteiger partial charge in [0.1, 0.15) is 23.3 Å². The zero-order valence-corrected chi connectivity index (χ0v) is 15.1. The van der Waals surface area contributed by atoms with E-state index >= 15 is 0 Å².